The number of halogens is 1. The molecule has 0 aliphatic carbocycles. The van der Waals surface area contributed by atoms with Crippen molar-refractivity contribution in [3.05, 3.63) is 71.4 Å². The number of hydrogen-bond acceptors (Lipinski definition) is 4. The Hall–Kier alpha value is -2.64. The summed E-state index contributed by atoms with van der Waals surface area (Å²) in [6.07, 6.45) is 2.74. The molecule has 31 heavy (non-hydrogen) atoms. The van der Waals surface area contributed by atoms with Crippen molar-refractivity contribution in [1.82, 2.24) is 14.7 Å². The van der Waals surface area contributed by atoms with Crippen molar-refractivity contribution in [1.29, 1.82) is 0 Å². The van der Waals surface area contributed by atoms with Crippen LogP contribution >= 0.6 is 11.6 Å². The topological polar surface area (TPSA) is 72.3 Å². The zero-order valence-electron chi connectivity index (χ0n) is 17.2. The summed E-state index contributed by atoms with van der Waals surface area (Å²) in [6.45, 7) is 0.378. The van der Waals surface area contributed by atoms with Gasteiger partial charge in [0.2, 0.25) is 5.91 Å². The third-order valence-corrected chi connectivity index (χ3v) is 7.64. The van der Waals surface area contributed by atoms with E-state index in [1.165, 1.54) is 0 Å². The Labute approximate surface area is 187 Å². The molecule has 2 aromatic carbocycles. The molecule has 1 unspecified atom stereocenters. The molecule has 1 atom stereocenters. The number of rotatable bonds is 6. The lowest BCUT2D eigenvalue weighted by Gasteiger charge is -2.19. The van der Waals surface area contributed by atoms with Crippen LogP contribution in [0.1, 0.15) is 18.4 Å². The zero-order chi connectivity index (χ0) is 22.0. The van der Waals surface area contributed by atoms with Crippen LogP contribution in [0, 0.1) is 5.92 Å². The molecule has 8 heteroatoms. The quantitative estimate of drug-likeness (QED) is 0.561. The number of nitrogens with zero attached hydrogens (tertiary/aromatic N) is 3. The maximum absolute atomic E-state index is 12.8. The van der Waals surface area contributed by atoms with Crippen molar-refractivity contribution in [2.24, 2.45) is 5.92 Å². The van der Waals surface area contributed by atoms with Crippen LogP contribution in [0.2, 0.25) is 5.02 Å². The molecule has 1 aliphatic heterocycles. The summed E-state index contributed by atoms with van der Waals surface area (Å²) in [5.74, 6) is 0.132. The van der Waals surface area contributed by atoms with Crippen molar-refractivity contribution in [3.8, 4) is 16.9 Å². The van der Waals surface area contributed by atoms with Gasteiger partial charge in [0.25, 0.3) is 0 Å². The number of benzene rings is 2. The molecule has 0 spiro atoms. The van der Waals surface area contributed by atoms with Gasteiger partial charge in [0.15, 0.2) is 9.84 Å². The van der Waals surface area contributed by atoms with Crippen molar-refractivity contribution >= 4 is 27.3 Å². The Balaban J connectivity index is 1.58. The minimum absolute atomic E-state index is 0.0587. The average molecular weight is 458 g/mol. The Kier molecular flexibility index (Phi) is 6.16. The van der Waals surface area contributed by atoms with E-state index in [-0.39, 0.29) is 29.8 Å². The second kappa shape index (κ2) is 8.85. The summed E-state index contributed by atoms with van der Waals surface area (Å²) in [6, 6.07) is 17.2. The Morgan fingerprint density at radius 1 is 1.16 bits per heavy atom. The Morgan fingerprint density at radius 3 is 2.52 bits per heavy atom. The molecule has 1 aliphatic rings. The average Bonchev–Trinajstić information content (AvgIpc) is 3.32. The van der Waals surface area contributed by atoms with Gasteiger partial charge >= 0.3 is 0 Å². The van der Waals surface area contributed by atoms with E-state index in [9.17, 15) is 13.2 Å². The summed E-state index contributed by atoms with van der Waals surface area (Å²) in [5, 5.41) is 5.42. The van der Waals surface area contributed by atoms with Crippen LogP contribution in [-0.4, -0.2) is 47.6 Å². The van der Waals surface area contributed by atoms with E-state index in [0.717, 1.165) is 22.5 Å². The molecule has 4 rings (SSSR count). The van der Waals surface area contributed by atoms with Gasteiger partial charge in [0.05, 0.1) is 22.9 Å². The number of amides is 1. The smallest absolute Gasteiger partial charge is 0.222 e. The fraction of sp³-hybridized carbons (Fsp3) is 0.304. The molecule has 162 valence electrons. The van der Waals surface area contributed by atoms with E-state index < -0.39 is 9.84 Å². The normalized spacial score (nSPS) is 17.5. The fourth-order valence-corrected chi connectivity index (χ4v) is 5.86. The molecule has 1 amide bonds. The SMILES string of the molecule is CN(Cc1cn(-c2ccccc2)nc1-c1ccc(Cl)cc1)C(=O)CC1CCS(=O)(=O)C1. The van der Waals surface area contributed by atoms with Crippen LogP contribution in [0.4, 0.5) is 0 Å². The van der Waals surface area contributed by atoms with Crippen LogP contribution in [0.25, 0.3) is 16.9 Å². The number of para-hydroxylation sites is 1. The number of sulfone groups is 1. The number of carbonyl (C=O) groups is 1. The van der Waals surface area contributed by atoms with Crippen molar-refractivity contribution in [2.45, 2.75) is 19.4 Å². The maximum Gasteiger partial charge on any atom is 0.222 e. The molecular weight excluding hydrogens is 434 g/mol. The lowest BCUT2D eigenvalue weighted by Crippen LogP contribution is -2.28. The van der Waals surface area contributed by atoms with Gasteiger partial charge in [-0.15, -0.1) is 0 Å². The third kappa shape index (κ3) is 5.17. The van der Waals surface area contributed by atoms with Crippen molar-refractivity contribution < 1.29 is 13.2 Å². The van der Waals surface area contributed by atoms with Crippen LogP contribution < -0.4 is 0 Å². The highest BCUT2D eigenvalue weighted by atomic mass is 35.5. The lowest BCUT2D eigenvalue weighted by atomic mass is 10.0. The molecule has 1 fully saturated rings. The molecule has 0 saturated carbocycles. The van der Waals surface area contributed by atoms with E-state index in [1.807, 2.05) is 60.8 Å². The minimum atomic E-state index is -2.99. The maximum atomic E-state index is 12.8. The van der Waals surface area contributed by atoms with Gasteiger partial charge in [-0.1, -0.05) is 41.9 Å². The van der Waals surface area contributed by atoms with Crippen LogP contribution in [-0.2, 0) is 21.2 Å². The van der Waals surface area contributed by atoms with Gasteiger partial charge in [-0.2, -0.15) is 5.10 Å². The molecule has 1 aromatic heterocycles. The summed E-state index contributed by atoms with van der Waals surface area (Å²) in [7, 11) is -1.25. The summed E-state index contributed by atoms with van der Waals surface area (Å²) in [5.41, 5.74) is 3.52. The first-order valence-corrected chi connectivity index (χ1v) is 12.3. The Bertz CT molecular complexity index is 1170. The Morgan fingerprint density at radius 2 is 1.87 bits per heavy atom. The molecule has 0 radical (unpaired) electrons. The van der Waals surface area contributed by atoms with Gasteiger partial charge in [-0.3, -0.25) is 4.79 Å². The van der Waals surface area contributed by atoms with Gasteiger partial charge in [0.1, 0.15) is 0 Å². The fourth-order valence-electron chi connectivity index (χ4n) is 3.87. The predicted octanol–water partition coefficient (Wildman–Crippen LogP) is 3.98. The van der Waals surface area contributed by atoms with Crippen LogP contribution in [0.3, 0.4) is 0 Å². The number of carbonyl (C=O) groups excluding carboxylic acids is 1. The van der Waals surface area contributed by atoms with E-state index in [2.05, 4.69) is 0 Å². The predicted molar refractivity (Wildman–Crippen MR) is 122 cm³/mol. The minimum Gasteiger partial charge on any atom is -0.341 e. The standard InChI is InChI=1S/C23H24ClN3O3S/c1-26(22(28)13-17-11-12-31(29,30)16-17)14-19-15-27(21-5-3-2-4-6-21)25-23(19)18-7-9-20(24)10-8-18/h2-10,15,17H,11-14,16H2,1H3. The first kappa shape index (κ1) is 21.6. The largest absolute Gasteiger partial charge is 0.341 e. The molecule has 3 aromatic rings. The second-order valence-electron chi connectivity index (χ2n) is 8.01. The van der Waals surface area contributed by atoms with Crippen LogP contribution in [0.5, 0.6) is 0 Å². The summed E-state index contributed by atoms with van der Waals surface area (Å²) < 4.78 is 25.2. The number of aromatic nitrogens is 2. The number of hydrogen-bond donors (Lipinski definition) is 0. The summed E-state index contributed by atoms with van der Waals surface area (Å²) >= 11 is 6.05. The summed E-state index contributed by atoms with van der Waals surface area (Å²) in [4.78, 5) is 14.4. The highest BCUT2D eigenvalue weighted by Gasteiger charge is 2.30. The highest BCUT2D eigenvalue weighted by molar-refractivity contribution is 7.91. The van der Waals surface area contributed by atoms with Crippen LogP contribution in [0.15, 0.2) is 60.8 Å². The van der Waals surface area contributed by atoms with E-state index in [0.29, 0.717) is 18.0 Å². The molecule has 0 N–H and O–H groups in total. The molecule has 1 saturated heterocycles. The van der Waals surface area contributed by atoms with Gasteiger partial charge in [0, 0.05) is 42.4 Å². The molecule has 6 nitrogen and oxygen atoms in total. The lowest BCUT2D eigenvalue weighted by molar-refractivity contribution is -0.131. The van der Waals surface area contributed by atoms with E-state index in [4.69, 9.17) is 16.7 Å². The van der Waals surface area contributed by atoms with Gasteiger partial charge in [-0.25, -0.2) is 13.1 Å². The molecule has 2 heterocycles. The van der Waals surface area contributed by atoms with Crippen molar-refractivity contribution in [2.75, 3.05) is 18.6 Å². The van der Waals surface area contributed by atoms with E-state index >= 15 is 0 Å². The first-order valence-electron chi connectivity index (χ1n) is 10.1. The van der Waals surface area contributed by atoms with Crippen molar-refractivity contribution in [3.63, 3.8) is 0 Å². The van der Waals surface area contributed by atoms with Gasteiger partial charge < -0.3 is 4.90 Å². The molecule has 0 bridgehead atoms. The monoisotopic (exact) mass is 457 g/mol. The first-order chi connectivity index (χ1) is 14.8. The zero-order valence-corrected chi connectivity index (χ0v) is 18.8. The third-order valence-electron chi connectivity index (χ3n) is 5.55. The molecular formula is C23H24ClN3O3S. The second-order valence-corrected chi connectivity index (χ2v) is 10.7. The highest BCUT2D eigenvalue weighted by Crippen LogP contribution is 2.27. The van der Waals surface area contributed by atoms with Gasteiger partial charge in [-0.05, 0) is 36.6 Å². The van der Waals surface area contributed by atoms with E-state index in [1.54, 1.807) is 16.6 Å².